The van der Waals surface area contributed by atoms with Gasteiger partial charge in [0.1, 0.15) is 18.0 Å². The molecule has 1 atom stereocenters. The van der Waals surface area contributed by atoms with Gasteiger partial charge < -0.3 is 10.4 Å². The lowest BCUT2D eigenvalue weighted by molar-refractivity contribution is -0.138. The van der Waals surface area contributed by atoms with Gasteiger partial charge in [0, 0.05) is 23.7 Å². The minimum Gasteiger partial charge on any atom is -0.386 e. The third-order valence-electron chi connectivity index (χ3n) is 4.40. The molecule has 0 amide bonds. The Hall–Kier alpha value is -2.92. The van der Waals surface area contributed by atoms with Crippen LogP contribution in [0.25, 0.3) is 11.3 Å². The molecule has 0 fully saturated rings. The Morgan fingerprint density at radius 3 is 2.28 bits per heavy atom. The number of aromatic nitrogens is 2. The van der Waals surface area contributed by atoms with Gasteiger partial charge in [0.25, 0.3) is 0 Å². The Morgan fingerprint density at radius 1 is 0.938 bits per heavy atom. The van der Waals surface area contributed by atoms with E-state index >= 15 is 0 Å². The molecule has 3 aromatic rings. The summed E-state index contributed by atoms with van der Waals surface area (Å²) in [5.74, 6) is -0.924. The van der Waals surface area contributed by atoms with Gasteiger partial charge in [-0.05, 0) is 30.3 Å². The quantitative estimate of drug-likeness (QED) is 0.433. The average Bonchev–Trinajstić information content (AvgIpc) is 2.70. The molecule has 1 aromatic heterocycles. The van der Waals surface area contributed by atoms with Gasteiger partial charge in [-0.15, -0.1) is 0 Å². The van der Waals surface area contributed by atoms with Crippen molar-refractivity contribution in [3.8, 4) is 11.3 Å². The summed E-state index contributed by atoms with van der Waals surface area (Å²) in [4.78, 5) is 7.81. The zero-order valence-corrected chi connectivity index (χ0v) is 16.5. The monoisotopic (exact) mass is 479 g/mol. The third-order valence-corrected chi connectivity index (χ3v) is 4.71. The van der Waals surface area contributed by atoms with E-state index in [4.69, 9.17) is 11.6 Å². The molecule has 0 saturated heterocycles. The first-order valence-corrected chi connectivity index (χ1v) is 9.22. The molecule has 2 aromatic carbocycles. The standard InChI is InChI=1S/C20H13ClF7N3O/c21-14-5-10(1-3-13(14)20(26,27)28)16-7-18(31-9-30-16)29-8-17(32)12-6-11(19(23,24)25)2-4-15(12)22/h1-7,9,17,32H,8H2,(H,29,30,31). The Morgan fingerprint density at radius 2 is 1.66 bits per heavy atom. The van der Waals surface area contributed by atoms with Gasteiger partial charge in [-0.25, -0.2) is 14.4 Å². The number of benzene rings is 2. The molecule has 0 aliphatic heterocycles. The van der Waals surface area contributed by atoms with Crippen molar-refractivity contribution in [3.63, 3.8) is 0 Å². The van der Waals surface area contributed by atoms with Crippen LogP contribution in [0.2, 0.25) is 5.02 Å². The number of nitrogens with one attached hydrogen (secondary N) is 1. The first-order valence-electron chi connectivity index (χ1n) is 8.84. The minimum atomic E-state index is -4.71. The Bertz CT molecular complexity index is 1120. The van der Waals surface area contributed by atoms with Crippen LogP contribution < -0.4 is 5.32 Å². The number of hydrogen-bond donors (Lipinski definition) is 2. The molecule has 12 heteroatoms. The predicted octanol–water partition coefficient (Wildman–Crippen LogP) is 6.12. The molecule has 0 bridgehead atoms. The van der Waals surface area contributed by atoms with E-state index in [1.54, 1.807) is 0 Å². The van der Waals surface area contributed by atoms with Crippen LogP contribution in [-0.4, -0.2) is 21.6 Å². The van der Waals surface area contributed by atoms with E-state index in [-0.39, 0.29) is 17.1 Å². The summed E-state index contributed by atoms with van der Waals surface area (Å²) in [6.45, 7) is -0.400. The topological polar surface area (TPSA) is 58.0 Å². The lowest BCUT2D eigenvalue weighted by Gasteiger charge is -2.16. The van der Waals surface area contributed by atoms with Crippen LogP contribution in [0.5, 0.6) is 0 Å². The van der Waals surface area contributed by atoms with E-state index in [0.29, 0.717) is 18.2 Å². The van der Waals surface area contributed by atoms with Crippen LogP contribution >= 0.6 is 11.6 Å². The molecule has 2 N–H and O–H groups in total. The van der Waals surface area contributed by atoms with Crippen LogP contribution in [-0.2, 0) is 12.4 Å². The number of rotatable bonds is 5. The van der Waals surface area contributed by atoms with E-state index < -0.39 is 52.5 Å². The van der Waals surface area contributed by atoms with E-state index in [1.807, 2.05) is 0 Å². The molecule has 4 nitrogen and oxygen atoms in total. The summed E-state index contributed by atoms with van der Waals surface area (Å²) in [7, 11) is 0. The molecule has 0 aliphatic rings. The van der Waals surface area contributed by atoms with Crippen LogP contribution in [0, 0.1) is 5.82 Å². The first kappa shape index (κ1) is 23.7. The summed E-state index contributed by atoms with van der Waals surface area (Å²) >= 11 is 5.71. The van der Waals surface area contributed by atoms with Gasteiger partial charge in [0.15, 0.2) is 0 Å². The molecule has 0 spiro atoms. The highest BCUT2D eigenvalue weighted by Gasteiger charge is 2.33. The first-order chi connectivity index (χ1) is 14.9. The van der Waals surface area contributed by atoms with Crippen LogP contribution in [0.3, 0.4) is 0 Å². The SMILES string of the molecule is OC(CNc1cc(-c2ccc(C(F)(F)F)c(Cl)c2)ncn1)c1cc(C(F)(F)F)ccc1F. The summed E-state index contributed by atoms with van der Waals surface area (Å²) in [6.07, 6.45) is -9.89. The van der Waals surface area contributed by atoms with Crippen molar-refractivity contribution >= 4 is 17.4 Å². The van der Waals surface area contributed by atoms with E-state index in [1.165, 1.54) is 6.07 Å². The van der Waals surface area contributed by atoms with E-state index in [2.05, 4.69) is 15.3 Å². The van der Waals surface area contributed by atoms with Crippen molar-refractivity contribution in [2.45, 2.75) is 18.5 Å². The highest BCUT2D eigenvalue weighted by molar-refractivity contribution is 6.31. The molecule has 1 unspecified atom stereocenters. The number of aliphatic hydroxyl groups is 1. The lowest BCUT2D eigenvalue weighted by Crippen LogP contribution is -2.16. The van der Waals surface area contributed by atoms with Crippen molar-refractivity contribution in [2.24, 2.45) is 0 Å². The number of anilines is 1. The van der Waals surface area contributed by atoms with Gasteiger partial charge in [-0.2, -0.15) is 26.3 Å². The van der Waals surface area contributed by atoms with Gasteiger partial charge in [-0.1, -0.05) is 17.7 Å². The maximum absolute atomic E-state index is 13.9. The largest absolute Gasteiger partial charge is 0.417 e. The van der Waals surface area contributed by atoms with Crippen LogP contribution in [0.15, 0.2) is 48.8 Å². The number of hydrogen-bond acceptors (Lipinski definition) is 4. The molecular weight excluding hydrogens is 467 g/mol. The number of halogens is 8. The van der Waals surface area contributed by atoms with Crippen LogP contribution in [0.1, 0.15) is 22.8 Å². The fourth-order valence-electron chi connectivity index (χ4n) is 2.80. The summed E-state index contributed by atoms with van der Waals surface area (Å²) in [6, 6.07) is 6.04. The zero-order valence-electron chi connectivity index (χ0n) is 15.8. The Kier molecular flexibility index (Phi) is 6.61. The van der Waals surface area contributed by atoms with Crippen molar-refractivity contribution < 1.29 is 35.8 Å². The van der Waals surface area contributed by atoms with Gasteiger partial charge in [0.05, 0.1) is 27.9 Å². The maximum atomic E-state index is 13.9. The van der Waals surface area contributed by atoms with Gasteiger partial charge in [-0.3, -0.25) is 0 Å². The molecule has 0 aliphatic carbocycles. The second-order valence-electron chi connectivity index (χ2n) is 6.61. The second-order valence-corrected chi connectivity index (χ2v) is 7.02. The average molecular weight is 480 g/mol. The fourth-order valence-corrected chi connectivity index (χ4v) is 3.09. The minimum absolute atomic E-state index is 0.0949. The Labute approximate surface area is 181 Å². The lowest BCUT2D eigenvalue weighted by atomic mass is 10.0. The predicted molar refractivity (Wildman–Crippen MR) is 102 cm³/mol. The van der Waals surface area contributed by atoms with E-state index in [9.17, 15) is 35.8 Å². The van der Waals surface area contributed by atoms with Crippen molar-refractivity contribution in [1.82, 2.24) is 9.97 Å². The van der Waals surface area contributed by atoms with Crippen molar-refractivity contribution in [1.29, 1.82) is 0 Å². The summed E-state index contributed by atoms with van der Waals surface area (Å²) in [5.41, 5.74) is -2.25. The van der Waals surface area contributed by atoms with Crippen molar-refractivity contribution in [2.75, 3.05) is 11.9 Å². The summed E-state index contributed by atoms with van der Waals surface area (Å²) < 4.78 is 90.9. The molecule has 1 heterocycles. The number of alkyl halides is 6. The summed E-state index contributed by atoms with van der Waals surface area (Å²) in [5, 5.41) is 12.2. The highest BCUT2D eigenvalue weighted by atomic mass is 35.5. The Balaban J connectivity index is 1.77. The van der Waals surface area contributed by atoms with E-state index in [0.717, 1.165) is 24.5 Å². The molecule has 3 rings (SSSR count). The molecule has 0 saturated carbocycles. The molecule has 170 valence electrons. The number of aliphatic hydroxyl groups excluding tert-OH is 1. The highest BCUT2D eigenvalue weighted by Crippen LogP contribution is 2.37. The van der Waals surface area contributed by atoms with Gasteiger partial charge in [0.2, 0.25) is 0 Å². The fraction of sp³-hybridized carbons (Fsp3) is 0.200. The number of nitrogens with zero attached hydrogens (tertiary/aromatic N) is 2. The third kappa shape index (κ3) is 5.46. The van der Waals surface area contributed by atoms with Gasteiger partial charge >= 0.3 is 12.4 Å². The molecule has 32 heavy (non-hydrogen) atoms. The van der Waals surface area contributed by atoms with Crippen molar-refractivity contribution in [3.05, 3.63) is 76.3 Å². The second kappa shape index (κ2) is 8.91. The maximum Gasteiger partial charge on any atom is 0.417 e. The molecular formula is C20H13ClF7N3O. The zero-order chi connectivity index (χ0) is 23.7. The molecule has 0 radical (unpaired) electrons. The smallest absolute Gasteiger partial charge is 0.386 e. The normalized spacial score (nSPS) is 13.2. The van der Waals surface area contributed by atoms with Crippen LogP contribution in [0.4, 0.5) is 36.6 Å².